The Balaban J connectivity index is 1.79. The zero-order chi connectivity index (χ0) is 18.1. The molecule has 25 heavy (non-hydrogen) atoms. The molecule has 3 heterocycles. The van der Waals surface area contributed by atoms with Crippen molar-refractivity contribution < 1.29 is 24.5 Å². The van der Waals surface area contributed by atoms with Crippen molar-refractivity contribution in [3.05, 3.63) is 36.5 Å². The maximum absolute atomic E-state index is 10.5. The van der Waals surface area contributed by atoms with E-state index in [0.29, 0.717) is 12.8 Å². The van der Waals surface area contributed by atoms with Gasteiger partial charge in [0.25, 0.3) is 0 Å². The molecule has 0 aromatic carbocycles. The van der Waals surface area contributed by atoms with Crippen LogP contribution in [0.4, 0.5) is 0 Å². The number of unbranched alkanes of at least 4 members (excludes halogenated alkanes) is 1. The normalized spacial score (nSPS) is 30.2. The summed E-state index contributed by atoms with van der Waals surface area (Å²) in [5.74, 6) is -0.504. The molecule has 3 saturated heterocycles. The predicted molar refractivity (Wildman–Crippen MR) is 96.1 cm³/mol. The first-order valence-electron chi connectivity index (χ1n) is 9.29. The summed E-state index contributed by atoms with van der Waals surface area (Å²) in [7, 11) is 0. The number of fused-ring (bicyclic) bond motifs is 2. The lowest BCUT2D eigenvalue weighted by atomic mass is 9.84. The molecule has 3 rings (SSSR count). The first kappa shape index (κ1) is 19.9. The number of carbonyl (C=O) groups is 1. The lowest BCUT2D eigenvalue weighted by Gasteiger charge is -2.49. The molecule has 0 spiro atoms. The van der Waals surface area contributed by atoms with E-state index in [1.54, 1.807) is 0 Å². The summed E-state index contributed by atoms with van der Waals surface area (Å²) < 4.78 is 11.6. The van der Waals surface area contributed by atoms with E-state index in [1.807, 2.05) is 24.3 Å². The molecule has 2 bridgehead atoms. The monoisotopic (exact) mass is 350 g/mol. The molecule has 3 aliphatic heterocycles. The van der Waals surface area contributed by atoms with E-state index in [9.17, 15) is 9.90 Å². The van der Waals surface area contributed by atoms with Gasteiger partial charge in [-0.05, 0) is 32.1 Å². The van der Waals surface area contributed by atoms with E-state index >= 15 is 0 Å². The summed E-state index contributed by atoms with van der Waals surface area (Å²) in [5.41, 5.74) is 0. The highest BCUT2D eigenvalue weighted by molar-refractivity contribution is 5.66. The van der Waals surface area contributed by atoms with Crippen molar-refractivity contribution in [2.75, 3.05) is 0 Å². The number of rotatable bonds is 11. The van der Waals surface area contributed by atoms with Crippen molar-refractivity contribution in [1.29, 1.82) is 0 Å². The minimum absolute atomic E-state index is 0.0361. The highest BCUT2D eigenvalue weighted by Crippen LogP contribution is 2.40. The number of aliphatic carboxylic acids is 1. The second-order valence-corrected chi connectivity index (χ2v) is 6.67. The van der Waals surface area contributed by atoms with Crippen LogP contribution in [0, 0.1) is 5.92 Å². The summed E-state index contributed by atoms with van der Waals surface area (Å²) in [5, 5.41) is 18.6. The van der Waals surface area contributed by atoms with Crippen LogP contribution in [-0.2, 0) is 14.3 Å². The smallest absolute Gasteiger partial charge is 0.303 e. The molecule has 0 amide bonds. The standard InChI is InChI=1S/C20H30O5/c1-2-3-6-9-15(21)12-13-17-16(18-14-20(24-17)25-18)10-7-4-5-8-11-19(22)23/h3-4,6-7,12-13,15-18,20-21H,2,5,8-11,14H2,1H3,(H,22,23)/b6-3+,7-4-,13-12+/t15-,16-,17-,18+,20-/m0/s1. The second-order valence-electron chi connectivity index (χ2n) is 6.67. The third-order valence-electron chi connectivity index (χ3n) is 4.60. The minimum atomic E-state index is -0.750. The molecule has 3 fully saturated rings. The van der Waals surface area contributed by atoms with Crippen LogP contribution in [0.3, 0.4) is 0 Å². The lowest BCUT2D eigenvalue weighted by molar-refractivity contribution is -0.337. The van der Waals surface area contributed by atoms with Crippen LogP contribution in [0.15, 0.2) is 36.5 Å². The zero-order valence-corrected chi connectivity index (χ0v) is 14.9. The molecular weight excluding hydrogens is 320 g/mol. The Morgan fingerprint density at radius 1 is 1.24 bits per heavy atom. The van der Waals surface area contributed by atoms with Gasteiger partial charge in [0.1, 0.15) is 0 Å². The van der Waals surface area contributed by atoms with Gasteiger partial charge in [-0.15, -0.1) is 0 Å². The summed E-state index contributed by atoms with van der Waals surface area (Å²) in [4.78, 5) is 10.5. The van der Waals surface area contributed by atoms with E-state index in [-0.39, 0.29) is 30.8 Å². The van der Waals surface area contributed by atoms with Gasteiger partial charge in [0, 0.05) is 18.8 Å². The topological polar surface area (TPSA) is 76.0 Å². The van der Waals surface area contributed by atoms with Crippen LogP contribution < -0.4 is 0 Å². The van der Waals surface area contributed by atoms with Gasteiger partial charge in [-0.25, -0.2) is 0 Å². The third kappa shape index (κ3) is 6.77. The molecule has 5 atom stereocenters. The van der Waals surface area contributed by atoms with Crippen molar-refractivity contribution in [1.82, 2.24) is 0 Å². The Kier molecular flexibility index (Phi) is 8.38. The lowest BCUT2D eigenvalue weighted by Crippen LogP contribution is -2.55. The SMILES string of the molecule is CC/C=C/C[C@H](O)/C=C/[C@@H]1O[C@@H]2C[C@@H](O2)[C@H]1C/C=C\CCCC(=O)O. The van der Waals surface area contributed by atoms with E-state index in [1.165, 1.54) is 0 Å². The Morgan fingerprint density at radius 3 is 2.76 bits per heavy atom. The minimum Gasteiger partial charge on any atom is -0.481 e. The number of ether oxygens (including phenoxy) is 2. The summed E-state index contributed by atoms with van der Waals surface area (Å²) in [6.07, 6.45) is 16.6. The molecule has 0 aromatic heterocycles. The third-order valence-corrected chi connectivity index (χ3v) is 4.60. The number of allylic oxidation sites excluding steroid dienone is 3. The highest BCUT2D eigenvalue weighted by atomic mass is 16.7. The van der Waals surface area contributed by atoms with E-state index < -0.39 is 12.1 Å². The molecule has 3 aliphatic rings. The van der Waals surface area contributed by atoms with Crippen LogP contribution in [0.1, 0.15) is 51.9 Å². The number of aliphatic hydroxyl groups is 1. The number of carboxylic acids is 1. The first-order valence-corrected chi connectivity index (χ1v) is 9.29. The Labute approximate surface area is 150 Å². The van der Waals surface area contributed by atoms with Crippen LogP contribution in [0.5, 0.6) is 0 Å². The van der Waals surface area contributed by atoms with Gasteiger partial charge in [0.15, 0.2) is 6.29 Å². The quantitative estimate of drug-likeness (QED) is 0.440. The fourth-order valence-corrected chi connectivity index (χ4v) is 3.16. The molecule has 140 valence electrons. The average Bonchev–Trinajstić information content (AvgIpc) is 2.55. The summed E-state index contributed by atoms with van der Waals surface area (Å²) in [6.45, 7) is 2.07. The van der Waals surface area contributed by atoms with Crippen LogP contribution in [0.25, 0.3) is 0 Å². The Bertz CT molecular complexity index is 490. The van der Waals surface area contributed by atoms with Gasteiger partial charge in [0.05, 0.1) is 18.3 Å². The van der Waals surface area contributed by atoms with Crippen LogP contribution in [0.2, 0.25) is 0 Å². The number of hydrogen-bond donors (Lipinski definition) is 2. The molecular formula is C20H30O5. The van der Waals surface area contributed by atoms with Gasteiger partial charge in [0.2, 0.25) is 0 Å². The van der Waals surface area contributed by atoms with E-state index in [4.69, 9.17) is 14.6 Å². The number of hydrogen-bond acceptors (Lipinski definition) is 4. The van der Waals surface area contributed by atoms with Crippen molar-refractivity contribution in [2.45, 2.75) is 76.5 Å². The first-order chi connectivity index (χ1) is 12.1. The maximum atomic E-state index is 10.5. The van der Waals surface area contributed by atoms with Crippen molar-refractivity contribution in [3.8, 4) is 0 Å². The number of aliphatic hydroxyl groups excluding tert-OH is 1. The molecule has 0 aromatic rings. The summed E-state index contributed by atoms with van der Waals surface area (Å²) in [6, 6.07) is 0. The van der Waals surface area contributed by atoms with E-state index in [2.05, 4.69) is 19.1 Å². The zero-order valence-electron chi connectivity index (χ0n) is 14.9. The van der Waals surface area contributed by atoms with Gasteiger partial charge >= 0.3 is 5.97 Å². The molecule has 0 unspecified atom stereocenters. The van der Waals surface area contributed by atoms with Gasteiger partial charge in [-0.1, -0.05) is 43.4 Å². The summed E-state index contributed by atoms with van der Waals surface area (Å²) >= 11 is 0. The van der Waals surface area contributed by atoms with E-state index in [0.717, 1.165) is 25.7 Å². The number of carboxylic acid groups (broad SMARTS) is 1. The van der Waals surface area contributed by atoms with Crippen LogP contribution >= 0.6 is 0 Å². The van der Waals surface area contributed by atoms with Gasteiger partial charge in [-0.3, -0.25) is 4.79 Å². The average molecular weight is 350 g/mol. The van der Waals surface area contributed by atoms with Gasteiger partial charge < -0.3 is 19.7 Å². The molecule has 0 aliphatic carbocycles. The predicted octanol–water partition coefficient (Wildman–Crippen LogP) is 3.59. The fraction of sp³-hybridized carbons (Fsp3) is 0.650. The molecule has 2 N–H and O–H groups in total. The van der Waals surface area contributed by atoms with Gasteiger partial charge in [-0.2, -0.15) is 0 Å². The van der Waals surface area contributed by atoms with Crippen molar-refractivity contribution in [2.24, 2.45) is 5.92 Å². The van der Waals surface area contributed by atoms with Crippen molar-refractivity contribution in [3.63, 3.8) is 0 Å². The van der Waals surface area contributed by atoms with Crippen LogP contribution in [-0.4, -0.2) is 40.8 Å². The molecule has 5 heteroatoms. The second kappa shape index (κ2) is 10.5. The van der Waals surface area contributed by atoms with Crippen molar-refractivity contribution >= 4 is 5.97 Å². The largest absolute Gasteiger partial charge is 0.481 e. The molecule has 5 nitrogen and oxygen atoms in total. The highest BCUT2D eigenvalue weighted by Gasteiger charge is 2.46. The molecule has 0 saturated carbocycles. The fourth-order valence-electron chi connectivity index (χ4n) is 3.16. The molecule has 0 radical (unpaired) electrons. The Morgan fingerprint density at radius 2 is 2.04 bits per heavy atom. The Hall–Kier alpha value is -1.43. The maximum Gasteiger partial charge on any atom is 0.303 e.